The first-order chi connectivity index (χ1) is 10.0. The second-order valence-electron chi connectivity index (χ2n) is 4.36. The van der Waals surface area contributed by atoms with Crippen molar-refractivity contribution in [1.82, 2.24) is 4.37 Å². The highest BCUT2D eigenvalue weighted by Gasteiger charge is 2.19. The third-order valence-corrected chi connectivity index (χ3v) is 3.68. The van der Waals surface area contributed by atoms with Gasteiger partial charge in [0.15, 0.2) is 0 Å². The Bertz CT molecular complexity index is 664. The lowest BCUT2D eigenvalue weighted by Gasteiger charge is -2.05. The molecule has 0 radical (unpaired) electrons. The number of aromatic carboxylic acids is 1. The van der Waals surface area contributed by atoms with E-state index in [0.29, 0.717) is 17.9 Å². The molecule has 1 heterocycles. The number of carboxylic acid groups (broad SMARTS) is 1. The van der Waals surface area contributed by atoms with Crippen molar-refractivity contribution in [2.45, 2.75) is 13.5 Å². The van der Waals surface area contributed by atoms with Gasteiger partial charge in [-0.15, -0.1) is 0 Å². The van der Waals surface area contributed by atoms with E-state index in [4.69, 9.17) is 9.84 Å². The molecule has 2 aromatic rings. The molecule has 1 aromatic heterocycles. The van der Waals surface area contributed by atoms with Gasteiger partial charge in [-0.2, -0.15) is 4.37 Å². The zero-order valence-electron chi connectivity index (χ0n) is 11.5. The molecule has 0 saturated carbocycles. The van der Waals surface area contributed by atoms with E-state index >= 15 is 0 Å². The summed E-state index contributed by atoms with van der Waals surface area (Å²) in [5.74, 6) is -1.47. The molecule has 2 rings (SSSR count). The smallest absolute Gasteiger partial charge is 0.340 e. The Morgan fingerprint density at radius 3 is 2.57 bits per heavy atom. The summed E-state index contributed by atoms with van der Waals surface area (Å²) in [6.07, 6.45) is 0. The Morgan fingerprint density at radius 2 is 2.00 bits per heavy atom. The van der Waals surface area contributed by atoms with Gasteiger partial charge in [0, 0.05) is 12.7 Å². The van der Waals surface area contributed by atoms with E-state index in [9.17, 15) is 9.59 Å². The molecule has 0 fully saturated rings. The Morgan fingerprint density at radius 1 is 1.33 bits per heavy atom. The van der Waals surface area contributed by atoms with Gasteiger partial charge in [0.1, 0.15) is 10.6 Å². The van der Waals surface area contributed by atoms with Gasteiger partial charge in [0.2, 0.25) is 0 Å². The van der Waals surface area contributed by atoms with Crippen LogP contribution >= 0.6 is 11.5 Å². The third-order valence-electron chi connectivity index (χ3n) is 2.83. The van der Waals surface area contributed by atoms with Crippen molar-refractivity contribution in [2.75, 3.05) is 12.4 Å². The highest BCUT2D eigenvalue weighted by molar-refractivity contribution is 7.11. The maximum atomic E-state index is 12.1. The van der Waals surface area contributed by atoms with Crippen molar-refractivity contribution in [3.05, 3.63) is 46.6 Å². The van der Waals surface area contributed by atoms with E-state index in [1.54, 1.807) is 38.3 Å². The second-order valence-corrected chi connectivity index (χ2v) is 5.13. The van der Waals surface area contributed by atoms with Crippen LogP contribution in [0.3, 0.4) is 0 Å². The Hall–Kier alpha value is -2.25. The number of nitrogens with zero attached hydrogens (tertiary/aromatic N) is 1. The van der Waals surface area contributed by atoms with Gasteiger partial charge < -0.3 is 15.2 Å². The van der Waals surface area contributed by atoms with Crippen molar-refractivity contribution < 1.29 is 19.4 Å². The minimum atomic E-state index is -1.10. The van der Waals surface area contributed by atoms with Crippen LogP contribution < -0.4 is 5.32 Å². The van der Waals surface area contributed by atoms with Crippen LogP contribution in [0.15, 0.2) is 24.3 Å². The molecule has 110 valence electrons. The molecular formula is C14H14N2O4S. The first-order valence-corrected chi connectivity index (χ1v) is 6.89. The van der Waals surface area contributed by atoms with Gasteiger partial charge in [-0.3, -0.25) is 4.79 Å². The van der Waals surface area contributed by atoms with Crippen molar-refractivity contribution in [1.29, 1.82) is 0 Å². The molecule has 21 heavy (non-hydrogen) atoms. The normalized spacial score (nSPS) is 10.4. The van der Waals surface area contributed by atoms with E-state index in [1.807, 2.05) is 0 Å². The lowest BCUT2D eigenvalue weighted by Crippen LogP contribution is -2.13. The van der Waals surface area contributed by atoms with Crippen LogP contribution in [-0.4, -0.2) is 28.5 Å². The highest BCUT2D eigenvalue weighted by atomic mass is 32.1. The molecular weight excluding hydrogens is 292 g/mol. The molecule has 6 nitrogen and oxygen atoms in total. The first-order valence-electron chi connectivity index (χ1n) is 6.11. The Kier molecular flexibility index (Phi) is 4.66. The van der Waals surface area contributed by atoms with Gasteiger partial charge >= 0.3 is 5.97 Å². The molecule has 1 aromatic carbocycles. The number of amides is 1. The number of rotatable bonds is 5. The number of carbonyl (C=O) groups is 2. The van der Waals surface area contributed by atoms with Crippen molar-refractivity contribution in [3.8, 4) is 0 Å². The fourth-order valence-electron chi connectivity index (χ4n) is 1.80. The number of hydrogen-bond acceptors (Lipinski definition) is 5. The quantitative estimate of drug-likeness (QED) is 0.886. The first kappa shape index (κ1) is 15.1. The zero-order chi connectivity index (χ0) is 15.4. The fraction of sp³-hybridized carbons (Fsp3) is 0.214. The molecule has 0 bridgehead atoms. The van der Waals surface area contributed by atoms with Gasteiger partial charge in [-0.05, 0) is 36.2 Å². The molecule has 0 aliphatic heterocycles. The maximum absolute atomic E-state index is 12.1. The van der Waals surface area contributed by atoms with Crippen LogP contribution in [-0.2, 0) is 11.3 Å². The van der Waals surface area contributed by atoms with Crippen molar-refractivity contribution >= 4 is 28.4 Å². The zero-order valence-corrected chi connectivity index (χ0v) is 12.4. The highest BCUT2D eigenvalue weighted by Crippen LogP contribution is 2.25. The number of carbonyl (C=O) groups excluding carboxylic acids is 1. The predicted octanol–water partition coefficient (Wildman–Crippen LogP) is 2.55. The largest absolute Gasteiger partial charge is 0.478 e. The van der Waals surface area contributed by atoms with Crippen LogP contribution in [0.2, 0.25) is 0 Å². The number of hydrogen-bond donors (Lipinski definition) is 2. The molecule has 2 N–H and O–H groups in total. The number of benzene rings is 1. The molecule has 0 unspecified atom stereocenters. The molecule has 0 saturated heterocycles. The molecule has 0 aliphatic rings. The number of aromatic nitrogens is 1. The summed E-state index contributed by atoms with van der Waals surface area (Å²) in [4.78, 5) is 23.3. The minimum Gasteiger partial charge on any atom is -0.478 e. The minimum absolute atomic E-state index is 0.0318. The number of nitrogens with one attached hydrogen (secondary N) is 1. The molecule has 7 heteroatoms. The third kappa shape index (κ3) is 3.45. The molecule has 1 amide bonds. The van der Waals surface area contributed by atoms with Crippen molar-refractivity contribution in [3.63, 3.8) is 0 Å². The molecule has 0 aliphatic carbocycles. The summed E-state index contributed by atoms with van der Waals surface area (Å²) in [5, 5.41) is 11.9. The SMILES string of the molecule is COCc1ccc(C(=O)Nc2snc(C)c2C(=O)O)cc1. The summed E-state index contributed by atoms with van der Waals surface area (Å²) in [7, 11) is 1.60. The number of anilines is 1. The van der Waals surface area contributed by atoms with Crippen LogP contribution in [0.1, 0.15) is 32.0 Å². The van der Waals surface area contributed by atoms with Gasteiger partial charge in [0.25, 0.3) is 5.91 Å². The Balaban J connectivity index is 2.16. The summed E-state index contributed by atoms with van der Waals surface area (Å²) >= 11 is 0.956. The average Bonchev–Trinajstić information content (AvgIpc) is 2.81. The summed E-state index contributed by atoms with van der Waals surface area (Å²) in [5.41, 5.74) is 1.81. The summed E-state index contributed by atoms with van der Waals surface area (Å²) in [6.45, 7) is 2.06. The van der Waals surface area contributed by atoms with E-state index in [0.717, 1.165) is 17.1 Å². The topological polar surface area (TPSA) is 88.5 Å². The maximum Gasteiger partial charge on any atom is 0.340 e. The standard InChI is InChI=1S/C14H14N2O4S/c1-8-11(14(18)19)13(21-16-8)15-12(17)10-5-3-9(4-6-10)7-20-2/h3-6H,7H2,1-2H3,(H,15,17)(H,18,19). The summed E-state index contributed by atoms with van der Waals surface area (Å²) in [6, 6.07) is 6.90. The Labute approximate surface area is 125 Å². The van der Waals surface area contributed by atoms with E-state index in [1.165, 1.54) is 0 Å². The van der Waals surface area contributed by atoms with Gasteiger partial charge in [0.05, 0.1) is 12.3 Å². The second kappa shape index (κ2) is 6.47. The van der Waals surface area contributed by atoms with E-state index in [-0.39, 0.29) is 16.5 Å². The molecule has 0 spiro atoms. The number of ether oxygens (including phenoxy) is 1. The monoisotopic (exact) mass is 306 g/mol. The van der Waals surface area contributed by atoms with Crippen molar-refractivity contribution in [2.24, 2.45) is 0 Å². The van der Waals surface area contributed by atoms with E-state index in [2.05, 4.69) is 9.69 Å². The number of methoxy groups -OCH3 is 1. The number of aryl methyl sites for hydroxylation is 1. The lowest BCUT2D eigenvalue weighted by molar-refractivity contribution is 0.0697. The van der Waals surface area contributed by atoms with Crippen LogP contribution in [0.25, 0.3) is 0 Å². The van der Waals surface area contributed by atoms with Gasteiger partial charge in [-0.1, -0.05) is 12.1 Å². The fourth-order valence-corrected chi connectivity index (χ4v) is 2.59. The van der Waals surface area contributed by atoms with E-state index < -0.39 is 5.97 Å². The van der Waals surface area contributed by atoms with Crippen LogP contribution in [0.5, 0.6) is 0 Å². The average molecular weight is 306 g/mol. The molecule has 0 atom stereocenters. The number of carboxylic acids is 1. The van der Waals surface area contributed by atoms with Gasteiger partial charge in [-0.25, -0.2) is 4.79 Å². The summed E-state index contributed by atoms with van der Waals surface area (Å²) < 4.78 is 8.95. The van der Waals surface area contributed by atoms with Crippen LogP contribution in [0, 0.1) is 6.92 Å². The lowest BCUT2D eigenvalue weighted by atomic mass is 10.1. The van der Waals surface area contributed by atoms with Crippen LogP contribution in [0.4, 0.5) is 5.00 Å². The predicted molar refractivity (Wildman–Crippen MR) is 78.9 cm³/mol.